The molecule has 4 aromatic rings. The first kappa shape index (κ1) is 18.1. The molecule has 0 N–H and O–H groups in total. The largest absolute Gasteiger partial charge is 0.342 e. The molecular formula is C22H14ClFN2O2. The van der Waals surface area contributed by atoms with Crippen LogP contribution >= 0.6 is 11.6 Å². The van der Waals surface area contributed by atoms with Crippen LogP contribution in [0.3, 0.4) is 0 Å². The number of carbonyl (C=O) groups is 1. The molecule has 0 saturated carbocycles. The summed E-state index contributed by atoms with van der Waals surface area (Å²) >= 11 is 6.08. The predicted octanol–water partition coefficient (Wildman–Crippen LogP) is 4.47. The topological polar surface area (TPSA) is 52.0 Å². The van der Waals surface area contributed by atoms with Crippen LogP contribution in [-0.4, -0.2) is 15.3 Å². The van der Waals surface area contributed by atoms with Gasteiger partial charge < -0.3 is 4.57 Å². The Balaban J connectivity index is 1.94. The lowest BCUT2D eigenvalue weighted by molar-refractivity contribution is 0.103. The van der Waals surface area contributed by atoms with Gasteiger partial charge in [-0.05, 0) is 36.4 Å². The molecule has 2 aromatic carbocycles. The molecule has 138 valence electrons. The number of ketones is 1. The Morgan fingerprint density at radius 3 is 2.57 bits per heavy atom. The second kappa shape index (κ2) is 7.37. The number of hydrogen-bond acceptors (Lipinski definition) is 3. The Hall–Kier alpha value is -3.31. The van der Waals surface area contributed by atoms with Crippen LogP contribution in [0.5, 0.6) is 0 Å². The SMILES string of the molecule is O=C(c1ccncc1)c1cn(Cc2ccccc2F)c2ccc(Cl)cc2c1=O. The van der Waals surface area contributed by atoms with Gasteiger partial charge in [0.1, 0.15) is 5.82 Å². The van der Waals surface area contributed by atoms with Crippen molar-refractivity contribution in [1.82, 2.24) is 9.55 Å². The van der Waals surface area contributed by atoms with E-state index in [-0.39, 0.29) is 17.9 Å². The second-order valence-electron chi connectivity index (χ2n) is 6.32. The van der Waals surface area contributed by atoms with Gasteiger partial charge in [-0.25, -0.2) is 4.39 Å². The third kappa shape index (κ3) is 3.32. The van der Waals surface area contributed by atoms with Crippen molar-refractivity contribution in [3.05, 3.63) is 111 Å². The molecule has 0 spiro atoms. The molecule has 4 nitrogen and oxygen atoms in total. The number of benzene rings is 2. The van der Waals surface area contributed by atoms with E-state index in [0.29, 0.717) is 27.1 Å². The molecule has 0 atom stereocenters. The van der Waals surface area contributed by atoms with E-state index in [9.17, 15) is 14.0 Å². The summed E-state index contributed by atoms with van der Waals surface area (Å²) in [5, 5.41) is 0.694. The summed E-state index contributed by atoms with van der Waals surface area (Å²) in [6.45, 7) is 0.168. The van der Waals surface area contributed by atoms with Crippen LogP contribution in [0.25, 0.3) is 10.9 Å². The molecule has 0 amide bonds. The molecule has 2 aromatic heterocycles. The van der Waals surface area contributed by atoms with Crippen molar-refractivity contribution in [2.24, 2.45) is 0 Å². The van der Waals surface area contributed by atoms with Crippen LogP contribution in [0.2, 0.25) is 5.02 Å². The number of fused-ring (bicyclic) bond motifs is 1. The molecule has 0 unspecified atom stereocenters. The van der Waals surface area contributed by atoms with Gasteiger partial charge in [-0.15, -0.1) is 0 Å². The average molecular weight is 393 g/mol. The highest BCUT2D eigenvalue weighted by molar-refractivity contribution is 6.31. The fourth-order valence-electron chi connectivity index (χ4n) is 3.13. The molecule has 28 heavy (non-hydrogen) atoms. The van der Waals surface area contributed by atoms with E-state index in [2.05, 4.69) is 4.98 Å². The quantitative estimate of drug-likeness (QED) is 0.481. The second-order valence-corrected chi connectivity index (χ2v) is 6.75. The number of halogens is 2. The number of hydrogen-bond donors (Lipinski definition) is 0. The van der Waals surface area contributed by atoms with Gasteiger partial charge in [0.05, 0.1) is 17.6 Å². The minimum Gasteiger partial charge on any atom is -0.342 e. The van der Waals surface area contributed by atoms with E-state index in [1.165, 1.54) is 30.7 Å². The Morgan fingerprint density at radius 2 is 1.82 bits per heavy atom. The minimum absolute atomic E-state index is 0.00249. The summed E-state index contributed by atoms with van der Waals surface area (Å²) in [6, 6.07) is 14.4. The fraction of sp³-hybridized carbons (Fsp3) is 0.0455. The monoisotopic (exact) mass is 392 g/mol. The third-order valence-corrected chi connectivity index (χ3v) is 4.76. The van der Waals surface area contributed by atoms with Crippen molar-refractivity contribution in [3.8, 4) is 0 Å². The van der Waals surface area contributed by atoms with E-state index in [0.717, 1.165) is 0 Å². The molecule has 0 saturated heterocycles. The lowest BCUT2D eigenvalue weighted by atomic mass is 10.0. The number of carbonyl (C=O) groups excluding carboxylic acids is 1. The summed E-state index contributed by atoms with van der Waals surface area (Å²) in [4.78, 5) is 29.8. The number of rotatable bonds is 4. The Morgan fingerprint density at radius 1 is 1.07 bits per heavy atom. The van der Waals surface area contributed by atoms with Crippen LogP contribution in [-0.2, 0) is 6.54 Å². The zero-order valence-corrected chi connectivity index (χ0v) is 15.4. The van der Waals surface area contributed by atoms with Gasteiger partial charge >= 0.3 is 0 Å². The Bertz CT molecular complexity index is 1250. The summed E-state index contributed by atoms with van der Waals surface area (Å²) in [5.41, 5.74) is 0.959. The van der Waals surface area contributed by atoms with Gasteiger partial charge in [0.2, 0.25) is 5.43 Å². The van der Waals surface area contributed by atoms with Crippen molar-refractivity contribution < 1.29 is 9.18 Å². The van der Waals surface area contributed by atoms with Gasteiger partial charge in [-0.1, -0.05) is 29.8 Å². The smallest absolute Gasteiger partial charge is 0.200 e. The van der Waals surface area contributed by atoms with Crippen molar-refractivity contribution in [2.45, 2.75) is 6.54 Å². The van der Waals surface area contributed by atoms with Gasteiger partial charge in [0.15, 0.2) is 5.78 Å². The molecule has 0 fully saturated rings. The van der Waals surface area contributed by atoms with Crippen LogP contribution in [0.15, 0.2) is 78.0 Å². The van der Waals surface area contributed by atoms with Gasteiger partial charge in [0.25, 0.3) is 0 Å². The van der Waals surface area contributed by atoms with Crippen molar-refractivity contribution in [1.29, 1.82) is 0 Å². The number of nitrogens with zero attached hydrogens (tertiary/aromatic N) is 2. The van der Waals surface area contributed by atoms with Crippen LogP contribution in [0.4, 0.5) is 4.39 Å². The zero-order chi connectivity index (χ0) is 19.7. The highest BCUT2D eigenvalue weighted by Gasteiger charge is 2.18. The first-order chi connectivity index (χ1) is 13.5. The first-order valence-electron chi connectivity index (χ1n) is 8.55. The van der Waals surface area contributed by atoms with E-state index in [1.54, 1.807) is 47.0 Å². The summed E-state index contributed by atoms with van der Waals surface area (Å²) in [5.74, 6) is -0.776. The maximum Gasteiger partial charge on any atom is 0.200 e. The van der Waals surface area contributed by atoms with Gasteiger partial charge in [-0.2, -0.15) is 0 Å². The fourth-order valence-corrected chi connectivity index (χ4v) is 3.30. The van der Waals surface area contributed by atoms with Crippen LogP contribution in [0, 0.1) is 5.82 Å². The predicted molar refractivity (Wildman–Crippen MR) is 106 cm³/mol. The number of aromatic nitrogens is 2. The molecule has 0 bridgehead atoms. The lowest BCUT2D eigenvalue weighted by Crippen LogP contribution is -2.20. The Kier molecular flexibility index (Phi) is 4.75. The third-order valence-electron chi connectivity index (χ3n) is 4.53. The minimum atomic E-state index is -0.420. The average Bonchev–Trinajstić information content (AvgIpc) is 2.72. The van der Waals surface area contributed by atoms with Crippen molar-refractivity contribution >= 4 is 28.3 Å². The van der Waals surface area contributed by atoms with Crippen LogP contribution < -0.4 is 5.43 Å². The molecule has 4 rings (SSSR count). The maximum atomic E-state index is 14.2. The van der Waals surface area contributed by atoms with Crippen molar-refractivity contribution in [3.63, 3.8) is 0 Å². The molecule has 0 radical (unpaired) electrons. The van der Waals surface area contributed by atoms with Crippen LogP contribution in [0.1, 0.15) is 21.5 Å². The molecule has 6 heteroatoms. The zero-order valence-electron chi connectivity index (χ0n) is 14.6. The molecule has 0 aliphatic heterocycles. The van der Waals surface area contributed by atoms with Gasteiger partial charge in [0, 0.05) is 40.1 Å². The standard InChI is InChI=1S/C22H14ClFN2O2/c23-16-5-6-20-17(11-16)22(28)18(21(27)14-7-9-25-10-8-14)13-26(20)12-15-3-1-2-4-19(15)24/h1-11,13H,12H2. The van der Waals surface area contributed by atoms with E-state index in [1.807, 2.05) is 0 Å². The molecule has 2 heterocycles. The molecule has 0 aliphatic carbocycles. The highest BCUT2D eigenvalue weighted by atomic mass is 35.5. The van der Waals surface area contributed by atoms with E-state index in [4.69, 9.17) is 11.6 Å². The summed E-state index contributed by atoms with van der Waals surface area (Å²) in [6.07, 6.45) is 4.46. The van der Waals surface area contributed by atoms with Gasteiger partial charge in [-0.3, -0.25) is 14.6 Å². The van der Waals surface area contributed by atoms with E-state index >= 15 is 0 Å². The Labute approximate surface area is 164 Å². The lowest BCUT2D eigenvalue weighted by Gasteiger charge is -2.14. The summed E-state index contributed by atoms with van der Waals surface area (Å²) in [7, 11) is 0. The van der Waals surface area contributed by atoms with E-state index < -0.39 is 11.2 Å². The summed E-state index contributed by atoms with van der Waals surface area (Å²) < 4.78 is 15.9. The maximum absolute atomic E-state index is 14.2. The molecular weight excluding hydrogens is 379 g/mol. The number of pyridine rings is 2. The van der Waals surface area contributed by atoms with Crippen molar-refractivity contribution in [2.75, 3.05) is 0 Å². The molecule has 0 aliphatic rings. The first-order valence-corrected chi connectivity index (χ1v) is 8.93. The highest BCUT2D eigenvalue weighted by Crippen LogP contribution is 2.20. The normalized spacial score (nSPS) is 10.9.